The van der Waals surface area contributed by atoms with Crippen LogP contribution in [0, 0.1) is 0 Å². The highest BCUT2D eigenvalue weighted by Crippen LogP contribution is 2.20. The molecule has 1 aromatic heterocycles. The number of nitrogens with one attached hydrogen (secondary N) is 1. The van der Waals surface area contributed by atoms with Gasteiger partial charge in [-0.2, -0.15) is 0 Å². The topological polar surface area (TPSA) is 62.3 Å². The van der Waals surface area contributed by atoms with Crippen molar-refractivity contribution in [1.29, 1.82) is 0 Å². The van der Waals surface area contributed by atoms with Gasteiger partial charge >= 0.3 is 0 Å². The van der Waals surface area contributed by atoms with Crippen molar-refractivity contribution in [2.24, 2.45) is 0 Å². The quantitative estimate of drug-likeness (QED) is 0.874. The molecule has 0 bridgehead atoms. The molecule has 0 spiro atoms. The lowest BCUT2D eigenvalue weighted by Crippen LogP contribution is -2.40. The fourth-order valence-corrected chi connectivity index (χ4v) is 3.47. The summed E-state index contributed by atoms with van der Waals surface area (Å²) < 4.78 is 22.9. The molecular weight excluding hydrogens is 262 g/mol. The van der Waals surface area contributed by atoms with E-state index < -0.39 is 9.84 Å². The summed E-state index contributed by atoms with van der Waals surface area (Å²) >= 11 is 0. The van der Waals surface area contributed by atoms with Crippen LogP contribution in [0.2, 0.25) is 0 Å². The van der Waals surface area contributed by atoms with E-state index in [0.29, 0.717) is 19.1 Å². The predicted molar refractivity (Wildman–Crippen MR) is 75.0 cm³/mol. The molecule has 5 nitrogen and oxygen atoms in total. The Bertz CT molecular complexity index is 541. The lowest BCUT2D eigenvalue weighted by atomic mass is 10.2. The Balaban J connectivity index is 1.65. The minimum absolute atomic E-state index is 0.255. The molecule has 2 heterocycles. The molecule has 3 rings (SSSR count). The predicted octanol–water partition coefficient (Wildman–Crippen LogP) is 0.568. The Labute approximate surface area is 113 Å². The fraction of sp³-hybridized carbons (Fsp3) is 0.615. The number of sulfone groups is 1. The van der Waals surface area contributed by atoms with Crippen LogP contribution in [0.3, 0.4) is 0 Å². The number of aromatic nitrogens is 1. The number of anilines is 1. The van der Waals surface area contributed by atoms with Gasteiger partial charge in [0.15, 0.2) is 9.84 Å². The van der Waals surface area contributed by atoms with Gasteiger partial charge in [-0.05, 0) is 25.0 Å². The van der Waals surface area contributed by atoms with Crippen LogP contribution in [0.15, 0.2) is 18.3 Å². The van der Waals surface area contributed by atoms with Crippen molar-refractivity contribution in [3.8, 4) is 0 Å². The molecule has 0 aromatic carbocycles. The van der Waals surface area contributed by atoms with Crippen molar-refractivity contribution in [3.05, 3.63) is 24.0 Å². The summed E-state index contributed by atoms with van der Waals surface area (Å²) in [6, 6.07) is 4.69. The van der Waals surface area contributed by atoms with E-state index in [2.05, 4.69) is 21.3 Å². The lowest BCUT2D eigenvalue weighted by molar-refractivity contribution is 0.586. The average Bonchev–Trinajstić information content (AvgIpc) is 3.21. The molecule has 2 fully saturated rings. The molecule has 0 radical (unpaired) electrons. The van der Waals surface area contributed by atoms with Gasteiger partial charge in [0.1, 0.15) is 0 Å². The minimum atomic E-state index is -2.82. The second-order valence-corrected chi connectivity index (χ2v) is 7.60. The zero-order valence-corrected chi connectivity index (χ0v) is 11.7. The van der Waals surface area contributed by atoms with Gasteiger partial charge in [0.05, 0.1) is 17.2 Å². The zero-order valence-electron chi connectivity index (χ0n) is 10.9. The summed E-state index contributed by atoms with van der Waals surface area (Å²) in [7, 11) is -2.82. The van der Waals surface area contributed by atoms with Crippen LogP contribution in [0.1, 0.15) is 18.5 Å². The Morgan fingerprint density at radius 2 is 2.05 bits per heavy atom. The molecule has 0 amide bonds. The summed E-state index contributed by atoms with van der Waals surface area (Å²) in [5, 5.41) is 3.44. The van der Waals surface area contributed by atoms with Gasteiger partial charge in [0, 0.05) is 37.6 Å². The maximum atomic E-state index is 11.4. The normalized spacial score (nSPS) is 22.4. The first-order valence-corrected chi connectivity index (χ1v) is 8.58. The van der Waals surface area contributed by atoms with E-state index in [4.69, 9.17) is 0 Å². The van der Waals surface area contributed by atoms with E-state index in [-0.39, 0.29) is 11.5 Å². The van der Waals surface area contributed by atoms with Crippen molar-refractivity contribution in [2.75, 3.05) is 29.5 Å². The zero-order chi connectivity index (χ0) is 13.3. The van der Waals surface area contributed by atoms with Crippen LogP contribution in [-0.4, -0.2) is 44.0 Å². The van der Waals surface area contributed by atoms with Gasteiger partial charge in [-0.1, -0.05) is 0 Å². The third-order valence-electron chi connectivity index (χ3n) is 3.66. The van der Waals surface area contributed by atoms with Gasteiger partial charge < -0.3 is 10.2 Å². The third-order valence-corrected chi connectivity index (χ3v) is 5.27. The van der Waals surface area contributed by atoms with Crippen LogP contribution in [0.4, 0.5) is 5.69 Å². The lowest BCUT2D eigenvalue weighted by Gasteiger charge is -2.28. The highest BCUT2D eigenvalue weighted by molar-refractivity contribution is 7.91. The van der Waals surface area contributed by atoms with Crippen LogP contribution < -0.4 is 10.2 Å². The first-order chi connectivity index (χ1) is 9.12. The molecule has 6 heteroatoms. The molecule has 0 atom stereocenters. The van der Waals surface area contributed by atoms with Gasteiger partial charge in [-0.15, -0.1) is 0 Å². The Kier molecular flexibility index (Phi) is 3.45. The molecule has 2 aliphatic rings. The minimum Gasteiger partial charge on any atom is -0.369 e. The average molecular weight is 281 g/mol. The second-order valence-electron chi connectivity index (χ2n) is 5.30. The molecule has 1 saturated carbocycles. The Morgan fingerprint density at radius 1 is 1.32 bits per heavy atom. The molecule has 1 saturated heterocycles. The summed E-state index contributed by atoms with van der Waals surface area (Å²) in [6.45, 7) is 1.97. The van der Waals surface area contributed by atoms with E-state index in [9.17, 15) is 8.42 Å². The van der Waals surface area contributed by atoms with Crippen LogP contribution in [-0.2, 0) is 16.4 Å². The summed E-state index contributed by atoms with van der Waals surface area (Å²) in [4.78, 5) is 6.48. The molecule has 1 aliphatic heterocycles. The monoisotopic (exact) mass is 281 g/mol. The third kappa shape index (κ3) is 3.45. The summed E-state index contributed by atoms with van der Waals surface area (Å²) in [5.41, 5.74) is 2.11. The van der Waals surface area contributed by atoms with E-state index in [1.165, 1.54) is 12.8 Å². The van der Waals surface area contributed by atoms with Crippen molar-refractivity contribution >= 4 is 15.5 Å². The largest absolute Gasteiger partial charge is 0.369 e. The standard InChI is InChI=1S/C13H19N3O2S/c17-19(18)7-5-16(6-8-19)13-3-4-14-12(9-13)10-15-11-1-2-11/h3-4,9,11,15H,1-2,5-8,10H2. The maximum Gasteiger partial charge on any atom is 0.153 e. The van der Waals surface area contributed by atoms with Gasteiger partial charge in [-0.25, -0.2) is 8.42 Å². The Morgan fingerprint density at radius 3 is 2.74 bits per heavy atom. The van der Waals surface area contributed by atoms with E-state index in [1.54, 1.807) is 0 Å². The number of hydrogen-bond acceptors (Lipinski definition) is 5. The number of rotatable bonds is 4. The van der Waals surface area contributed by atoms with Gasteiger partial charge in [-0.3, -0.25) is 4.98 Å². The molecule has 104 valence electrons. The van der Waals surface area contributed by atoms with Crippen molar-refractivity contribution < 1.29 is 8.42 Å². The molecule has 19 heavy (non-hydrogen) atoms. The van der Waals surface area contributed by atoms with Crippen LogP contribution in [0.25, 0.3) is 0 Å². The molecule has 1 aromatic rings. The van der Waals surface area contributed by atoms with E-state index >= 15 is 0 Å². The summed E-state index contributed by atoms with van der Waals surface area (Å²) in [6.07, 6.45) is 4.34. The van der Waals surface area contributed by atoms with E-state index in [1.807, 2.05) is 12.3 Å². The number of nitrogens with zero attached hydrogens (tertiary/aromatic N) is 2. The summed E-state index contributed by atoms with van der Waals surface area (Å²) in [5.74, 6) is 0.510. The van der Waals surface area contributed by atoms with Gasteiger partial charge in [0.25, 0.3) is 0 Å². The first-order valence-electron chi connectivity index (χ1n) is 6.76. The Hall–Kier alpha value is -1.14. The molecular formula is C13H19N3O2S. The van der Waals surface area contributed by atoms with Crippen LogP contribution >= 0.6 is 0 Å². The van der Waals surface area contributed by atoms with Crippen molar-refractivity contribution in [3.63, 3.8) is 0 Å². The van der Waals surface area contributed by atoms with Crippen LogP contribution in [0.5, 0.6) is 0 Å². The molecule has 1 aliphatic carbocycles. The van der Waals surface area contributed by atoms with Crippen molar-refractivity contribution in [2.45, 2.75) is 25.4 Å². The first kappa shape index (κ1) is 12.9. The fourth-order valence-electron chi connectivity index (χ4n) is 2.27. The highest BCUT2D eigenvalue weighted by atomic mass is 32.2. The van der Waals surface area contributed by atoms with Crippen molar-refractivity contribution in [1.82, 2.24) is 10.3 Å². The smallest absolute Gasteiger partial charge is 0.153 e. The molecule has 1 N–H and O–H groups in total. The SMILES string of the molecule is O=S1(=O)CCN(c2ccnc(CNC3CC3)c2)CC1. The number of hydrogen-bond donors (Lipinski definition) is 1. The highest BCUT2D eigenvalue weighted by Gasteiger charge is 2.22. The maximum absolute atomic E-state index is 11.4. The number of pyridine rings is 1. The second kappa shape index (κ2) is 5.09. The molecule has 0 unspecified atom stereocenters. The van der Waals surface area contributed by atoms with E-state index in [0.717, 1.165) is 17.9 Å². The van der Waals surface area contributed by atoms with Gasteiger partial charge in [0.2, 0.25) is 0 Å².